The van der Waals surface area contributed by atoms with Crippen LogP contribution in [0.15, 0.2) is 18.3 Å². The summed E-state index contributed by atoms with van der Waals surface area (Å²) >= 11 is 0. The highest BCUT2D eigenvalue weighted by Crippen LogP contribution is 2.29. The van der Waals surface area contributed by atoms with Crippen LogP contribution in [0.25, 0.3) is 0 Å². The number of hydrogen-bond acceptors (Lipinski definition) is 3. The van der Waals surface area contributed by atoms with Crippen LogP contribution < -0.4 is 10.1 Å². The number of aromatic amines is 1. The first-order valence-corrected chi connectivity index (χ1v) is 6.00. The summed E-state index contributed by atoms with van der Waals surface area (Å²) in [5.74, 6) is 0.613. The van der Waals surface area contributed by atoms with Crippen LogP contribution in [0.5, 0.6) is 5.75 Å². The van der Waals surface area contributed by atoms with Crippen LogP contribution in [0.2, 0.25) is 0 Å². The van der Waals surface area contributed by atoms with Gasteiger partial charge in [0.15, 0.2) is 0 Å². The van der Waals surface area contributed by atoms with E-state index in [0.717, 1.165) is 28.3 Å². The maximum Gasteiger partial charge on any atom is 0.259 e. The lowest BCUT2D eigenvalue weighted by atomic mass is 10.1. The van der Waals surface area contributed by atoms with Gasteiger partial charge < -0.3 is 10.1 Å². The van der Waals surface area contributed by atoms with Crippen molar-refractivity contribution in [1.82, 2.24) is 10.2 Å². The third-order valence-corrected chi connectivity index (χ3v) is 3.13. The number of H-pyrrole nitrogens is 1. The second kappa shape index (κ2) is 5.14. The second-order valence-corrected chi connectivity index (χ2v) is 4.45. The average Bonchev–Trinajstić information content (AvgIpc) is 2.80. The van der Waals surface area contributed by atoms with Crippen molar-refractivity contribution < 1.29 is 9.53 Å². The highest BCUT2D eigenvalue weighted by atomic mass is 16.5. The molecule has 19 heavy (non-hydrogen) atoms. The van der Waals surface area contributed by atoms with Gasteiger partial charge in [0.25, 0.3) is 5.91 Å². The molecule has 0 aliphatic carbocycles. The molecular weight excluding hydrogens is 242 g/mol. The molecule has 100 valence electrons. The van der Waals surface area contributed by atoms with Gasteiger partial charge in [0.05, 0.1) is 18.9 Å². The SMILES string of the molecule is COc1c(C)ccc(NC(=O)c2cn[nH]c2C)c1C. The maximum absolute atomic E-state index is 12.1. The molecule has 0 unspecified atom stereocenters. The minimum Gasteiger partial charge on any atom is -0.496 e. The first-order chi connectivity index (χ1) is 9.04. The van der Waals surface area contributed by atoms with Crippen molar-refractivity contribution in [1.29, 1.82) is 0 Å². The van der Waals surface area contributed by atoms with Crippen LogP contribution in [0.1, 0.15) is 27.2 Å². The van der Waals surface area contributed by atoms with E-state index in [1.165, 1.54) is 6.20 Å². The highest BCUT2D eigenvalue weighted by Gasteiger charge is 2.14. The van der Waals surface area contributed by atoms with Crippen LogP contribution in [0, 0.1) is 20.8 Å². The van der Waals surface area contributed by atoms with Gasteiger partial charge in [-0.05, 0) is 32.4 Å². The Morgan fingerprint density at radius 2 is 2.05 bits per heavy atom. The van der Waals surface area contributed by atoms with Gasteiger partial charge >= 0.3 is 0 Å². The smallest absolute Gasteiger partial charge is 0.259 e. The van der Waals surface area contributed by atoms with Gasteiger partial charge in [-0.3, -0.25) is 9.89 Å². The fraction of sp³-hybridized carbons (Fsp3) is 0.286. The van der Waals surface area contributed by atoms with Gasteiger partial charge in [-0.2, -0.15) is 5.10 Å². The van der Waals surface area contributed by atoms with E-state index in [4.69, 9.17) is 4.74 Å². The number of anilines is 1. The second-order valence-electron chi connectivity index (χ2n) is 4.45. The molecule has 1 amide bonds. The molecule has 0 bridgehead atoms. The van der Waals surface area contributed by atoms with Gasteiger partial charge in [-0.15, -0.1) is 0 Å². The van der Waals surface area contributed by atoms with Crippen molar-refractivity contribution >= 4 is 11.6 Å². The number of methoxy groups -OCH3 is 1. The van der Waals surface area contributed by atoms with E-state index in [9.17, 15) is 4.79 Å². The molecule has 1 aromatic carbocycles. The van der Waals surface area contributed by atoms with E-state index in [1.54, 1.807) is 7.11 Å². The van der Waals surface area contributed by atoms with Crippen LogP contribution in [0.3, 0.4) is 0 Å². The fourth-order valence-corrected chi connectivity index (χ4v) is 2.05. The molecule has 0 radical (unpaired) electrons. The van der Waals surface area contributed by atoms with E-state index in [0.29, 0.717) is 5.56 Å². The predicted octanol–water partition coefficient (Wildman–Crippen LogP) is 2.60. The van der Waals surface area contributed by atoms with Crippen LogP contribution >= 0.6 is 0 Å². The number of ether oxygens (including phenoxy) is 1. The van der Waals surface area contributed by atoms with Crippen LogP contribution in [-0.2, 0) is 0 Å². The number of hydrogen-bond donors (Lipinski definition) is 2. The largest absolute Gasteiger partial charge is 0.496 e. The molecule has 0 saturated heterocycles. The Kier molecular flexibility index (Phi) is 3.55. The van der Waals surface area contributed by atoms with Gasteiger partial charge in [-0.1, -0.05) is 6.07 Å². The van der Waals surface area contributed by atoms with Gasteiger partial charge in [-0.25, -0.2) is 0 Å². The number of nitrogens with one attached hydrogen (secondary N) is 2. The summed E-state index contributed by atoms with van der Waals surface area (Å²) in [4.78, 5) is 12.1. The number of amides is 1. The zero-order chi connectivity index (χ0) is 14.0. The lowest BCUT2D eigenvalue weighted by Crippen LogP contribution is -2.13. The summed E-state index contributed by atoms with van der Waals surface area (Å²) in [5, 5.41) is 9.47. The fourth-order valence-electron chi connectivity index (χ4n) is 2.05. The topological polar surface area (TPSA) is 67.0 Å². The molecule has 0 aliphatic rings. The van der Waals surface area contributed by atoms with Crippen LogP contribution in [-0.4, -0.2) is 23.2 Å². The monoisotopic (exact) mass is 259 g/mol. The predicted molar refractivity (Wildman–Crippen MR) is 73.7 cm³/mol. The summed E-state index contributed by atoms with van der Waals surface area (Å²) in [7, 11) is 1.63. The van der Waals surface area contributed by atoms with Gasteiger partial charge in [0, 0.05) is 16.9 Å². The first kappa shape index (κ1) is 13.1. The molecule has 2 aromatic rings. The molecule has 0 spiro atoms. The number of benzene rings is 1. The third kappa shape index (κ3) is 2.45. The average molecular weight is 259 g/mol. The number of aromatic nitrogens is 2. The highest BCUT2D eigenvalue weighted by molar-refractivity contribution is 6.05. The molecule has 2 rings (SSSR count). The summed E-state index contributed by atoms with van der Waals surface area (Å²) in [6.45, 7) is 5.70. The molecule has 5 heteroatoms. The number of aryl methyl sites for hydroxylation is 2. The molecule has 0 saturated carbocycles. The summed E-state index contributed by atoms with van der Waals surface area (Å²) < 4.78 is 5.34. The number of carbonyl (C=O) groups excluding carboxylic acids is 1. The summed E-state index contributed by atoms with van der Waals surface area (Å²) in [6.07, 6.45) is 1.52. The third-order valence-electron chi connectivity index (χ3n) is 3.13. The van der Waals surface area contributed by atoms with Crippen molar-refractivity contribution in [3.05, 3.63) is 40.7 Å². The molecule has 1 aromatic heterocycles. The van der Waals surface area contributed by atoms with E-state index >= 15 is 0 Å². The summed E-state index contributed by atoms with van der Waals surface area (Å²) in [5.41, 5.74) is 3.98. The molecule has 0 atom stereocenters. The Hall–Kier alpha value is -2.30. The molecule has 1 heterocycles. The van der Waals surface area contributed by atoms with Crippen molar-refractivity contribution in [3.8, 4) is 5.75 Å². The first-order valence-electron chi connectivity index (χ1n) is 6.00. The van der Waals surface area contributed by atoms with Crippen molar-refractivity contribution in [2.24, 2.45) is 0 Å². The molecule has 0 fully saturated rings. The normalized spacial score (nSPS) is 10.3. The Morgan fingerprint density at radius 3 is 2.63 bits per heavy atom. The van der Waals surface area contributed by atoms with E-state index in [2.05, 4.69) is 15.5 Å². The Labute approximate surface area is 112 Å². The Morgan fingerprint density at radius 1 is 1.32 bits per heavy atom. The van der Waals surface area contributed by atoms with Crippen molar-refractivity contribution in [2.75, 3.05) is 12.4 Å². The lowest BCUT2D eigenvalue weighted by molar-refractivity contribution is 0.102. The van der Waals surface area contributed by atoms with E-state index in [1.807, 2.05) is 32.9 Å². The van der Waals surface area contributed by atoms with Gasteiger partial charge in [0.1, 0.15) is 5.75 Å². The zero-order valence-electron chi connectivity index (χ0n) is 11.5. The summed E-state index contributed by atoms with van der Waals surface area (Å²) in [6, 6.07) is 3.80. The molecule has 2 N–H and O–H groups in total. The number of rotatable bonds is 3. The lowest BCUT2D eigenvalue weighted by Gasteiger charge is -2.13. The standard InChI is InChI=1S/C14H17N3O2/c1-8-5-6-12(9(2)13(8)19-4)16-14(18)11-7-15-17-10(11)3/h5-7H,1-4H3,(H,15,17)(H,16,18). The minimum atomic E-state index is -0.180. The molecular formula is C14H17N3O2. The van der Waals surface area contributed by atoms with E-state index in [-0.39, 0.29) is 5.91 Å². The Bertz CT molecular complexity index is 617. The number of carbonyl (C=O) groups is 1. The van der Waals surface area contributed by atoms with Crippen molar-refractivity contribution in [2.45, 2.75) is 20.8 Å². The minimum absolute atomic E-state index is 0.180. The molecule has 0 aliphatic heterocycles. The molecule has 5 nitrogen and oxygen atoms in total. The van der Waals surface area contributed by atoms with Gasteiger partial charge in [0.2, 0.25) is 0 Å². The quantitative estimate of drug-likeness (QED) is 0.890. The van der Waals surface area contributed by atoms with Crippen LogP contribution in [0.4, 0.5) is 5.69 Å². The van der Waals surface area contributed by atoms with Crippen molar-refractivity contribution in [3.63, 3.8) is 0 Å². The number of nitrogens with zero attached hydrogens (tertiary/aromatic N) is 1. The zero-order valence-corrected chi connectivity index (χ0v) is 11.5. The Balaban J connectivity index is 2.30. The maximum atomic E-state index is 12.1. The van der Waals surface area contributed by atoms with E-state index < -0.39 is 0 Å².